The van der Waals surface area contributed by atoms with Crippen molar-refractivity contribution in [2.75, 3.05) is 20.2 Å². The van der Waals surface area contributed by atoms with Gasteiger partial charge in [-0.15, -0.1) is 0 Å². The Kier molecular flexibility index (Phi) is 5.61. The van der Waals surface area contributed by atoms with Gasteiger partial charge in [-0.1, -0.05) is 23.7 Å². The molecule has 1 heterocycles. The van der Waals surface area contributed by atoms with Crippen LogP contribution in [0.1, 0.15) is 24.0 Å². The minimum absolute atomic E-state index is 0.0417. The van der Waals surface area contributed by atoms with E-state index in [9.17, 15) is 9.59 Å². The molecule has 1 aromatic rings. The SMILES string of the molecule is COC(=O)C1CCN(C(=O)/C=C/c2ccc(C)c(Cl)c2)CC1. The molecule has 1 aliphatic heterocycles. The normalized spacial score (nSPS) is 16.0. The number of hydrogen-bond acceptors (Lipinski definition) is 3. The average Bonchev–Trinajstić information content (AvgIpc) is 2.55. The van der Waals surface area contributed by atoms with Crippen LogP contribution in [0.4, 0.5) is 0 Å². The van der Waals surface area contributed by atoms with Crippen LogP contribution < -0.4 is 0 Å². The van der Waals surface area contributed by atoms with E-state index in [1.54, 1.807) is 17.1 Å². The number of amides is 1. The number of likely N-dealkylation sites (tertiary alicyclic amines) is 1. The van der Waals surface area contributed by atoms with E-state index in [0.717, 1.165) is 11.1 Å². The molecule has 0 N–H and O–H groups in total. The summed E-state index contributed by atoms with van der Waals surface area (Å²) in [5.41, 5.74) is 1.91. The van der Waals surface area contributed by atoms with E-state index in [-0.39, 0.29) is 17.8 Å². The van der Waals surface area contributed by atoms with Crippen LogP contribution in [0.5, 0.6) is 0 Å². The molecular formula is C17H20ClNO3. The Bertz CT molecular complexity index is 590. The van der Waals surface area contributed by atoms with Crippen LogP contribution in [-0.2, 0) is 14.3 Å². The van der Waals surface area contributed by atoms with Crippen molar-refractivity contribution in [2.24, 2.45) is 5.92 Å². The Labute approximate surface area is 135 Å². The lowest BCUT2D eigenvalue weighted by atomic mass is 9.97. The van der Waals surface area contributed by atoms with E-state index < -0.39 is 0 Å². The lowest BCUT2D eigenvalue weighted by Gasteiger charge is -2.29. The minimum Gasteiger partial charge on any atom is -0.469 e. The highest BCUT2D eigenvalue weighted by Gasteiger charge is 2.26. The molecule has 118 valence electrons. The van der Waals surface area contributed by atoms with Crippen molar-refractivity contribution in [1.29, 1.82) is 0 Å². The smallest absolute Gasteiger partial charge is 0.308 e. The Morgan fingerprint density at radius 2 is 2.00 bits per heavy atom. The molecule has 1 amide bonds. The maximum Gasteiger partial charge on any atom is 0.308 e. The van der Waals surface area contributed by atoms with Gasteiger partial charge in [0.25, 0.3) is 0 Å². The number of carbonyl (C=O) groups is 2. The van der Waals surface area contributed by atoms with Gasteiger partial charge in [-0.2, -0.15) is 0 Å². The number of halogens is 1. The van der Waals surface area contributed by atoms with E-state index in [0.29, 0.717) is 31.0 Å². The second-order valence-corrected chi connectivity index (χ2v) is 5.87. The molecule has 1 aliphatic rings. The molecule has 22 heavy (non-hydrogen) atoms. The molecule has 0 saturated carbocycles. The van der Waals surface area contributed by atoms with Crippen LogP contribution in [0, 0.1) is 12.8 Å². The van der Waals surface area contributed by atoms with Gasteiger partial charge < -0.3 is 9.64 Å². The second-order valence-electron chi connectivity index (χ2n) is 5.46. The first-order chi connectivity index (χ1) is 10.5. The van der Waals surface area contributed by atoms with Gasteiger partial charge in [0, 0.05) is 24.2 Å². The summed E-state index contributed by atoms with van der Waals surface area (Å²) >= 11 is 6.06. The number of methoxy groups -OCH3 is 1. The zero-order valence-electron chi connectivity index (χ0n) is 12.8. The van der Waals surface area contributed by atoms with E-state index >= 15 is 0 Å². The third-order valence-corrected chi connectivity index (χ3v) is 4.36. The quantitative estimate of drug-likeness (QED) is 0.635. The number of esters is 1. The number of carbonyl (C=O) groups excluding carboxylic acids is 2. The van der Waals surface area contributed by atoms with Crippen molar-refractivity contribution in [3.63, 3.8) is 0 Å². The summed E-state index contributed by atoms with van der Waals surface area (Å²) in [6, 6.07) is 5.69. The standard InChI is InChI=1S/C17H20ClNO3/c1-12-3-4-13(11-15(12)18)5-6-16(20)19-9-7-14(8-10-19)17(21)22-2/h3-6,11,14H,7-10H2,1-2H3/b6-5+. The largest absolute Gasteiger partial charge is 0.469 e. The fraction of sp³-hybridized carbons (Fsp3) is 0.412. The first kappa shape index (κ1) is 16.6. The number of hydrogen-bond donors (Lipinski definition) is 0. The van der Waals surface area contributed by atoms with Gasteiger partial charge in [0.2, 0.25) is 5.91 Å². The molecule has 0 atom stereocenters. The summed E-state index contributed by atoms with van der Waals surface area (Å²) in [4.78, 5) is 25.4. The van der Waals surface area contributed by atoms with Crippen LogP contribution in [0.15, 0.2) is 24.3 Å². The first-order valence-electron chi connectivity index (χ1n) is 7.32. The predicted octanol–water partition coefficient (Wildman–Crippen LogP) is 3.07. The molecule has 0 bridgehead atoms. The van der Waals surface area contributed by atoms with Crippen molar-refractivity contribution in [2.45, 2.75) is 19.8 Å². The highest BCUT2D eigenvalue weighted by atomic mass is 35.5. The molecule has 1 aromatic carbocycles. The van der Waals surface area contributed by atoms with Crippen molar-refractivity contribution >= 4 is 29.6 Å². The zero-order valence-corrected chi connectivity index (χ0v) is 13.6. The molecule has 0 spiro atoms. The molecule has 5 heteroatoms. The van der Waals surface area contributed by atoms with E-state index in [2.05, 4.69) is 0 Å². The van der Waals surface area contributed by atoms with Crippen LogP contribution in [0.3, 0.4) is 0 Å². The summed E-state index contributed by atoms with van der Waals surface area (Å²) in [6.07, 6.45) is 4.63. The second kappa shape index (κ2) is 7.45. The van der Waals surface area contributed by atoms with Crippen LogP contribution >= 0.6 is 11.6 Å². The Hall–Kier alpha value is -1.81. The molecule has 0 radical (unpaired) electrons. The minimum atomic E-state index is -0.183. The number of rotatable bonds is 3. The highest BCUT2D eigenvalue weighted by Crippen LogP contribution is 2.20. The Morgan fingerprint density at radius 3 is 2.59 bits per heavy atom. The van der Waals surface area contributed by atoms with E-state index in [1.165, 1.54) is 7.11 Å². The summed E-state index contributed by atoms with van der Waals surface area (Å²) in [5.74, 6) is -0.314. The fourth-order valence-corrected chi connectivity index (χ4v) is 2.68. The number of benzene rings is 1. The van der Waals surface area contributed by atoms with E-state index in [4.69, 9.17) is 16.3 Å². The van der Waals surface area contributed by atoms with Gasteiger partial charge in [-0.25, -0.2) is 0 Å². The van der Waals surface area contributed by atoms with Crippen LogP contribution in [-0.4, -0.2) is 37.0 Å². The third kappa shape index (κ3) is 4.10. The Balaban J connectivity index is 1.91. The predicted molar refractivity (Wildman–Crippen MR) is 86.5 cm³/mol. The van der Waals surface area contributed by atoms with Crippen molar-refractivity contribution in [3.8, 4) is 0 Å². The Morgan fingerprint density at radius 1 is 1.32 bits per heavy atom. The van der Waals surface area contributed by atoms with Gasteiger partial charge in [-0.3, -0.25) is 9.59 Å². The zero-order chi connectivity index (χ0) is 16.1. The van der Waals surface area contributed by atoms with Crippen molar-refractivity contribution in [1.82, 2.24) is 4.90 Å². The molecule has 1 fully saturated rings. The molecular weight excluding hydrogens is 302 g/mol. The van der Waals surface area contributed by atoms with E-state index in [1.807, 2.05) is 25.1 Å². The molecule has 4 nitrogen and oxygen atoms in total. The summed E-state index contributed by atoms with van der Waals surface area (Å²) in [7, 11) is 1.40. The molecule has 0 aliphatic carbocycles. The fourth-order valence-electron chi connectivity index (χ4n) is 2.49. The maximum atomic E-state index is 12.2. The number of piperidine rings is 1. The van der Waals surface area contributed by atoms with Gasteiger partial charge >= 0.3 is 5.97 Å². The molecule has 0 unspecified atom stereocenters. The summed E-state index contributed by atoms with van der Waals surface area (Å²) < 4.78 is 4.74. The number of nitrogens with zero attached hydrogens (tertiary/aromatic N) is 1. The lowest BCUT2D eigenvalue weighted by molar-refractivity contribution is -0.148. The van der Waals surface area contributed by atoms with Crippen LogP contribution in [0.2, 0.25) is 5.02 Å². The van der Waals surface area contributed by atoms with Crippen molar-refractivity contribution in [3.05, 3.63) is 40.4 Å². The summed E-state index contributed by atoms with van der Waals surface area (Å²) in [5, 5.41) is 0.688. The van der Waals surface area contributed by atoms with Gasteiger partial charge in [-0.05, 0) is 43.0 Å². The summed E-state index contributed by atoms with van der Waals surface area (Å²) in [6.45, 7) is 3.10. The first-order valence-corrected chi connectivity index (χ1v) is 7.70. The average molecular weight is 322 g/mol. The topological polar surface area (TPSA) is 46.6 Å². The third-order valence-electron chi connectivity index (χ3n) is 3.96. The van der Waals surface area contributed by atoms with Gasteiger partial charge in [0.1, 0.15) is 0 Å². The van der Waals surface area contributed by atoms with Gasteiger partial charge in [0.15, 0.2) is 0 Å². The van der Waals surface area contributed by atoms with Gasteiger partial charge in [0.05, 0.1) is 13.0 Å². The maximum absolute atomic E-state index is 12.2. The number of ether oxygens (including phenoxy) is 1. The van der Waals surface area contributed by atoms with Crippen LogP contribution in [0.25, 0.3) is 6.08 Å². The van der Waals surface area contributed by atoms with Crippen molar-refractivity contribution < 1.29 is 14.3 Å². The number of aryl methyl sites for hydroxylation is 1. The lowest BCUT2D eigenvalue weighted by Crippen LogP contribution is -2.39. The molecule has 0 aromatic heterocycles. The highest BCUT2D eigenvalue weighted by molar-refractivity contribution is 6.31. The molecule has 1 saturated heterocycles. The monoisotopic (exact) mass is 321 g/mol. The molecule has 2 rings (SSSR count).